The Morgan fingerprint density at radius 1 is 1.35 bits per heavy atom. The molecule has 110 valence electrons. The summed E-state index contributed by atoms with van der Waals surface area (Å²) in [6.07, 6.45) is -3.11. The lowest BCUT2D eigenvalue weighted by molar-refractivity contribution is -0.195. The number of amides is 1. The SMILES string of the molecule is Cc1cccc(CC(=O)N2CCCC[C@H]2C(F)(F)F)c1. The highest BCUT2D eigenvalue weighted by atomic mass is 19.4. The van der Waals surface area contributed by atoms with Gasteiger partial charge in [0.2, 0.25) is 5.91 Å². The van der Waals surface area contributed by atoms with Gasteiger partial charge < -0.3 is 4.90 Å². The second kappa shape index (κ2) is 5.85. The second-order valence-electron chi connectivity index (χ2n) is 5.31. The monoisotopic (exact) mass is 285 g/mol. The van der Waals surface area contributed by atoms with Crippen molar-refractivity contribution >= 4 is 5.91 Å². The van der Waals surface area contributed by atoms with Gasteiger partial charge in [-0.1, -0.05) is 29.8 Å². The van der Waals surface area contributed by atoms with Crippen molar-refractivity contribution in [3.63, 3.8) is 0 Å². The minimum atomic E-state index is -4.33. The number of piperidine rings is 1. The first kappa shape index (κ1) is 14.9. The molecule has 0 aromatic heterocycles. The fourth-order valence-electron chi connectivity index (χ4n) is 2.67. The molecule has 0 spiro atoms. The van der Waals surface area contributed by atoms with Crippen LogP contribution in [-0.4, -0.2) is 29.6 Å². The highest BCUT2D eigenvalue weighted by Crippen LogP contribution is 2.32. The Bertz CT molecular complexity index is 484. The Balaban J connectivity index is 2.10. The summed E-state index contributed by atoms with van der Waals surface area (Å²) in [6, 6.07) is 5.71. The van der Waals surface area contributed by atoms with Gasteiger partial charge in [0.05, 0.1) is 6.42 Å². The number of carbonyl (C=O) groups excluding carboxylic acids is 1. The van der Waals surface area contributed by atoms with E-state index in [2.05, 4.69) is 0 Å². The van der Waals surface area contributed by atoms with Crippen LogP contribution in [0, 0.1) is 6.92 Å². The number of alkyl halides is 3. The molecule has 0 unspecified atom stereocenters. The molecule has 1 saturated heterocycles. The zero-order valence-electron chi connectivity index (χ0n) is 11.4. The normalized spacial score (nSPS) is 20.0. The molecule has 1 aromatic rings. The van der Waals surface area contributed by atoms with E-state index in [1.165, 1.54) is 0 Å². The van der Waals surface area contributed by atoms with Crippen molar-refractivity contribution in [1.82, 2.24) is 4.90 Å². The average molecular weight is 285 g/mol. The number of carbonyl (C=O) groups is 1. The molecule has 0 bridgehead atoms. The van der Waals surface area contributed by atoms with E-state index in [0.29, 0.717) is 12.8 Å². The van der Waals surface area contributed by atoms with E-state index in [-0.39, 0.29) is 19.4 Å². The van der Waals surface area contributed by atoms with Gasteiger partial charge in [-0.2, -0.15) is 13.2 Å². The third-order valence-electron chi connectivity index (χ3n) is 3.64. The predicted molar refractivity (Wildman–Crippen MR) is 70.3 cm³/mol. The molecule has 1 aliphatic heterocycles. The zero-order chi connectivity index (χ0) is 14.8. The number of hydrogen-bond donors (Lipinski definition) is 0. The fourth-order valence-corrected chi connectivity index (χ4v) is 2.67. The smallest absolute Gasteiger partial charge is 0.330 e. The van der Waals surface area contributed by atoms with E-state index in [1.807, 2.05) is 25.1 Å². The molecule has 0 radical (unpaired) electrons. The van der Waals surface area contributed by atoms with Crippen molar-refractivity contribution < 1.29 is 18.0 Å². The third kappa shape index (κ3) is 3.52. The van der Waals surface area contributed by atoms with Crippen LogP contribution < -0.4 is 0 Å². The Kier molecular flexibility index (Phi) is 4.35. The Labute approximate surface area is 116 Å². The maximum Gasteiger partial charge on any atom is 0.408 e. The first-order valence-corrected chi connectivity index (χ1v) is 6.79. The molecule has 0 aliphatic carbocycles. The summed E-state index contributed by atoms with van der Waals surface area (Å²) < 4.78 is 38.9. The Hall–Kier alpha value is -1.52. The number of halogens is 3. The van der Waals surface area contributed by atoms with Gasteiger partial charge in [-0.15, -0.1) is 0 Å². The molecule has 1 aromatic carbocycles. The molecule has 0 saturated carbocycles. The number of rotatable bonds is 2. The quantitative estimate of drug-likeness (QED) is 0.814. The van der Waals surface area contributed by atoms with Crippen LogP contribution in [0.1, 0.15) is 30.4 Å². The van der Waals surface area contributed by atoms with Crippen LogP contribution in [0.15, 0.2) is 24.3 Å². The van der Waals surface area contributed by atoms with Crippen molar-refractivity contribution in [1.29, 1.82) is 0 Å². The van der Waals surface area contributed by atoms with Crippen molar-refractivity contribution in [2.45, 2.75) is 44.8 Å². The number of nitrogens with zero attached hydrogens (tertiary/aromatic N) is 1. The lowest BCUT2D eigenvalue weighted by Crippen LogP contribution is -2.51. The van der Waals surface area contributed by atoms with E-state index in [9.17, 15) is 18.0 Å². The lowest BCUT2D eigenvalue weighted by Gasteiger charge is -2.36. The number of aryl methyl sites for hydroxylation is 1. The zero-order valence-corrected chi connectivity index (χ0v) is 11.4. The Morgan fingerprint density at radius 3 is 2.75 bits per heavy atom. The summed E-state index contributed by atoms with van der Waals surface area (Å²) in [5.74, 6) is -0.433. The molecular weight excluding hydrogens is 267 g/mol. The van der Waals surface area contributed by atoms with E-state index in [1.54, 1.807) is 6.07 Å². The van der Waals surface area contributed by atoms with Crippen molar-refractivity contribution in [3.8, 4) is 0 Å². The topological polar surface area (TPSA) is 20.3 Å². The van der Waals surface area contributed by atoms with E-state index in [4.69, 9.17) is 0 Å². The van der Waals surface area contributed by atoms with Crippen molar-refractivity contribution in [2.24, 2.45) is 0 Å². The molecule has 20 heavy (non-hydrogen) atoms. The van der Waals surface area contributed by atoms with Crippen molar-refractivity contribution in [2.75, 3.05) is 6.54 Å². The van der Waals surface area contributed by atoms with Gasteiger partial charge in [0.25, 0.3) is 0 Å². The summed E-state index contributed by atoms with van der Waals surface area (Å²) in [4.78, 5) is 13.2. The van der Waals surface area contributed by atoms with Gasteiger partial charge in [0.1, 0.15) is 6.04 Å². The van der Waals surface area contributed by atoms with Gasteiger partial charge in [-0.05, 0) is 31.7 Å². The molecule has 2 nitrogen and oxygen atoms in total. The van der Waals surface area contributed by atoms with Gasteiger partial charge in [-0.25, -0.2) is 0 Å². The molecule has 1 fully saturated rings. The van der Waals surface area contributed by atoms with Gasteiger partial charge in [0, 0.05) is 6.54 Å². The highest BCUT2D eigenvalue weighted by molar-refractivity contribution is 5.79. The molecule has 5 heteroatoms. The summed E-state index contributed by atoms with van der Waals surface area (Å²) >= 11 is 0. The number of benzene rings is 1. The summed E-state index contributed by atoms with van der Waals surface area (Å²) in [5.41, 5.74) is 1.77. The maximum atomic E-state index is 13.0. The summed E-state index contributed by atoms with van der Waals surface area (Å²) in [6.45, 7) is 2.10. The first-order chi connectivity index (χ1) is 9.38. The van der Waals surface area contributed by atoms with E-state index < -0.39 is 18.1 Å². The lowest BCUT2D eigenvalue weighted by atomic mass is 10.00. The minimum Gasteiger partial charge on any atom is -0.330 e. The molecule has 1 atom stereocenters. The second-order valence-corrected chi connectivity index (χ2v) is 5.31. The Morgan fingerprint density at radius 2 is 2.10 bits per heavy atom. The minimum absolute atomic E-state index is 0.0169. The molecule has 2 rings (SSSR count). The maximum absolute atomic E-state index is 13.0. The van der Waals surface area contributed by atoms with Crippen LogP contribution in [0.5, 0.6) is 0 Å². The fraction of sp³-hybridized carbons (Fsp3) is 0.533. The highest BCUT2D eigenvalue weighted by Gasteiger charge is 2.45. The third-order valence-corrected chi connectivity index (χ3v) is 3.64. The van der Waals surface area contributed by atoms with Gasteiger partial charge in [-0.3, -0.25) is 4.79 Å². The molecule has 1 aliphatic rings. The first-order valence-electron chi connectivity index (χ1n) is 6.79. The number of hydrogen-bond acceptors (Lipinski definition) is 1. The molecule has 0 N–H and O–H groups in total. The summed E-state index contributed by atoms with van der Waals surface area (Å²) in [7, 11) is 0. The van der Waals surface area contributed by atoms with Crippen molar-refractivity contribution in [3.05, 3.63) is 35.4 Å². The van der Waals surface area contributed by atoms with Crippen LogP contribution in [0.25, 0.3) is 0 Å². The van der Waals surface area contributed by atoms with Crippen LogP contribution in [0.2, 0.25) is 0 Å². The van der Waals surface area contributed by atoms with Crippen LogP contribution in [0.3, 0.4) is 0 Å². The van der Waals surface area contributed by atoms with Gasteiger partial charge >= 0.3 is 6.18 Å². The molecule has 1 amide bonds. The molecular formula is C15H18F3NO. The van der Waals surface area contributed by atoms with Crippen LogP contribution in [0.4, 0.5) is 13.2 Å². The standard InChI is InChI=1S/C15H18F3NO/c1-11-5-4-6-12(9-11)10-14(20)19-8-3-2-7-13(19)15(16,17)18/h4-6,9,13H,2-3,7-8,10H2,1H3/t13-/m0/s1. The number of likely N-dealkylation sites (tertiary alicyclic amines) is 1. The molecule has 1 heterocycles. The van der Waals surface area contributed by atoms with Crippen LogP contribution >= 0.6 is 0 Å². The van der Waals surface area contributed by atoms with Gasteiger partial charge in [0.15, 0.2) is 0 Å². The van der Waals surface area contributed by atoms with E-state index >= 15 is 0 Å². The largest absolute Gasteiger partial charge is 0.408 e. The van der Waals surface area contributed by atoms with Crippen LogP contribution in [-0.2, 0) is 11.2 Å². The van der Waals surface area contributed by atoms with E-state index in [0.717, 1.165) is 16.0 Å². The summed E-state index contributed by atoms with van der Waals surface area (Å²) in [5, 5.41) is 0. The average Bonchev–Trinajstić information content (AvgIpc) is 2.37. The predicted octanol–water partition coefficient (Wildman–Crippen LogP) is 3.48.